The fraction of sp³-hybridized carbons (Fsp3) is 0.533. The maximum Gasteiger partial charge on any atom is 0.251 e. The Morgan fingerprint density at radius 1 is 1.42 bits per heavy atom. The molecule has 1 amide bonds. The van der Waals surface area contributed by atoms with Crippen LogP contribution in [0, 0.1) is 5.41 Å². The predicted molar refractivity (Wildman–Crippen MR) is 75.4 cm³/mol. The number of methoxy groups -OCH3 is 1. The summed E-state index contributed by atoms with van der Waals surface area (Å²) in [5.74, 6) is 0.502. The van der Waals surface area contributed by atoms with E-state index in [1.807, 2.05) is 20.8 Å². The van der Waals surface area contributed by atoms with Crippen LogP contribution in [0.5, 0.6) is 5.75 Å². The SMILES string of the molecule is COc1cccc(C(=O)NCCC(O)C(C)(C)C)c1. The number of aliphatic hydroxyl groups is 1. The van der Waals surface area contributed by atoms with Gasteiger partial charge in [0.15, 0.2) is 0 Å². The Bertz CT molecular complexity index is 424. The highest BCUT2D eigenvalue weighted by Gasteiger charge is 2.21. The Kier molecular flexibility index (Phi) is 5.36. The smallest absolute Gasteiger partial charge is 0.251 e. The largest absolute Gasteiger partial charge is 0.497 e. The number of aliphatic hydroxyl groups excluding tert-OH is 1. The van der Waals surface area contributed by atoms with Crippen molar-refractivity contribution in [2.24, 2.45) is 5.41 Å². The lowest BCUT2D eigenvalue weighted by molar-refractivity contribution is 0.0551. The van der Waals surface area contributed by atoms with Gasteiger partial charge in [-0.25, -0.2) is 0 Å². The predicted octanol–water partition coefficient (Wildman–Crippen LogP) is 2.22. The Labute approximate surface area is 114 Å². The Morgan fingerprint density at radius 2 is 2.11 bits per heavy atom. The molecule has 1 rings (SSSR count). The summed E-state index contributed by atoms with van der Waals surface area (Å²) >= 11 is 0. The molecule has 19 heavy (non-hydrogen) atoms. The Hall–Kier alpha value is -1.55. The first-order chi connectivity index (χ1) is 8.84. The standard InChI is InChI=1S/C15H23NO3/c1-15(2,3)13(17)8-9-16-14(18)11-6-5-7-12(10-11)19-4/h5-7,10,13,17H,8-9H2,1-4H3,(H,16,18). The second kappa shape index (κ2) is 6.57. The fourth-order valence-corrected chi connectivity index (χ4v) is 1.62. The molecule has 0 aliphatic rings. The van der Waals surface area contributed by atoms with Gasteiger partial charge in [-0.3, -0.25) is 4.79 Å². The number of carbonyl (C=O) groups excluding carboxylic acids is 1. The van der Waals surface area contributed by atoms with E-state index < -0.39 is 6.10 Å². The van der Waals surface area contributed by atoms with Crippen LogP contribution in [0.1, 0.15) is 37.6 Å². The zero-order chi connectivity index (χ0) is 14.5. The molecule has 1 aromatic carbocycles. The van der Waals surface area contributed by atoms with Crippen molar-refractivity contribution in [2.45, 2.75) is 33.3 Å². The van der Waals surface area contributed by atoms with Gasteiger partial charge in [0.05, 0.1) is 13.2 Å². The van der Waals surface area contributed by atoms with Crippen molar-refractivity contribution in [3.05, 3.63) is 29.8 Å². The van der Waals surface area contributed by atoms with E-state index in [0.29, 0.717) is 24.3 Å². The molecule has 0 aliphatic carbocycles. The Balaban J connectivity index is 2.47. The molecule has 0 aliphatic heterocycles. The van der Waals surface area contributed by atoms with Crippen LogP contribution in [0.4, 0.5) is 0 Å². The van der Waals surface area contributed by atoms with Crippen molar-refractivity contribution >= 4 is 5.91 Å². The number of benzene rings is 1. The fourth-order valence-electron chi connectivity index (χ4n) is 1.62. The molecule has 2 N–H and O–H groups in total. The van der Waals surface area contributed by atoms with Gasteiger partial charge in [0.25, 0.3) is 5.91 Å². The summed E-state index contributed by atoms with van der Waals surface area (Å²) in [6, 6.07) is 6.99. The van der Waals surface area contributed by atoms with Gasteiger partial charge in [-0.05, 0) is 30.0 Å². The van der Waals surface area contributed by atoms with Crippen molar-refractivity contribution in [1.82, 2.24) is 5.32 Å². The van der Waals surface area contributed by atoms with Gasteiger partial charge in [-0.15, -0.1) is 0 Å². The third kappa shape index (κ3) is 4.91. The van der Waals surface area contributed by atoms with Gasteiger partial charge in [0.1, 0.15) is 5.75 Å². The van der Waals surface area contributed by atoms with E-state index in [1.54, 1.807) is 31.4 Å². The minimum absolute atomic E-state index is 0.153. The normalized spacial score (nSPS) is 12.9. The molecule has 0 bridgehead atoms. The van der Waals surface area contributed by atoms with Crippen LogP contribution in [0.3, 0.4) is 0 Å². The summed E-state index contributed by atoms with van der Waals surface area (Å²) in [6.45, 7) is 6.37. The first-order valence-electron chi connectivity index (χ1n) is 6.45. The van der Waals surface area contributed by atoms with Crippen LogP contribution in [0.15, 0.2) is 24.3 Å². The number of hydrogen-bond acceptors (Lipinski definition) is 3. The number of carbonyl (C=O) groups is 1. The van der Waals surface area contributed by atoms with Gasteiger partial charge >= 0.3 is 0 Å². The second-order valence-electron chi connectivity index (χ2n) is 5.66. The molecule has 106 valence electrons. The lowest BCUT2D eigenvalue weighted by Gasteiger charge is -2.25. The average Bonchev–Trinajstić information content (AvgIpc) is 2.37. The molecule has 0 aromatic heterocycles. The van der Waals surface area contributed by atoms with Gasteiger partial charge in [0.2, 0.25) is 0 Å². The molecule has 1 atom stereocenters. The zero-order valence-corrected chi connectivity index (χ0v) is 12.1. The van der Waals surface area contributed by atoms with Gasteiger partial charge in [-0.2, -0.15) is 0 Å². The van der Waals surface area contributed by atoms with Gasteiger partial charge in [-0.1, -0.05) is 26.8 Å². The van der Waals surface area contributed by atoms with Gasteiger partial charge < -0.3 is 15.2 Å². The molecule has 4 nitrogen and oxygen atoms in total. The number of amides is 1. The van der Waals surface area contributed by atoms with Crippen molar-refractivity contribution in [1.29, 1.82) is 0 Å². The van der Waals surface area contributed by atoms with E-state index in [4.69, 9.17) is 4.74 Å². The first-order valence-corrected chi connectivity index (χ1v) is 6.45. The Morgan fingerprint density at radius 3 is 2.68 bits per heavy atom. The van der Waals surface area contributed by atoms with Crippen molar-refractivity contribution in [2.75, 3.05) is 13.7 Å². The summed E-state index contributed by atoms with van der Waals surface area (Å²) < 4.78 is 5.07. The second-order valence-corrected chi connectivity index (χ2v) is 5.66. The van der Waals surface area contributed by atoms with Crippen molar-refractivity contribution in [3.8, 4) is 5.75 Å². The maximum absolute atomic E-state index is 11.9. The van der Waals surface area contributed by atoms with Crippen molar-refractivity contribution < 1.29 is 14.6 Å². The molecule has 0 fully saturated rings. The third-order valence-corrected chi connectivity index (χ3v) is 3.03. The van der Waals surface area contributed by atoms with E-state index in [-0.39, 0.29) is 11.3 Å². The van der Waals surface area contributed by atoms with Crippen LogP contribution in [-0.2, 0) is 0 Å². The first kappa shape index (κ1) is 15.5. The average molecular weight is 265 g/mol. The van der Waals surface area contributed by atoms with Crippen LogP contribution >= 0.6 is 0 Å². The zero-order valence-electron chi connectivity index (χ0n) is 12.1. The lowest BCUT2D eigenvalue weighted by Crippen LogP contribution is -2.32. The summed E-state index contributed by atoms with van der Waals surface area (Å²) in [5.41, 5.74) is 0.394. The quantitative estimate of drug-likeness (QED) is 0.858. The monoisotopic (exact) mass is 265 g/mol. The molecule has 0 saturated heterocycles. The van der Waals surface area contributed by atoms with Crippen molar-refractivity contribution in [3.63, 3.8) is 0 Å². The molecule has 0 radical (unpaired) electrons. The van der Waals surface area contributed by atoms with E-state index in [0.717, 1.165) is 0 Å². The molecule has 0 spiro atoms. The van der Waals surface area contributed by atoms with E-state index in [9.17, 15) is 9.90 Å². The van der Waals surface area contributed by atoms with Crippen LogP contribution < -0.4 is 10.1 Å². The highest BCUT2D eigenvalue weighted by molar-refractivity contribution is 5.94. The maximum atomic E-state index is 11.9. The molecule has 1 unspecified atom stereocenters. The topological polar surface area (TPSA) is 58.6 Å². The number of rotatable bonds is 5. The molecular formula is C15H23NO3. The summed E-state index contributed by atoms with van der Waals surface area (Å²) in [4.78, 5) is 11.9. The third-order valence-electron chi connectivity index (χ3n) is 3.03. The number of hydrogen-bond donors (Lipinski definition) is 2. The summed E-state index contributed by atoms with van der Waals surface area (Å²) in [6.07, 6.45) is 0.109. The van der Waals surface area contributed by atoms with E-state index in [2.05, 4.69) is 5.32 Å². The molecule has 0 heterocycles. The molecule has 1 aromatic rings. The molecule has 0 saturated carbocycles. The summed E-state index contributed by atoms with van der Waals surface area (Å²) in [5, 5.41) is 12.7. The van der Waals surface area contributed by atoms with E-state index >= 15 is 0 Å². The van der Waals surface area contributed by atoms with Crippen LogP contribution in [0.2, 0.25) is 0 Å². The number of nitrogens with one attached hydrogen (secondary N) is 1. The van der Waals surface area contributed by atoms with Crippen LogP contribution in [0.25, 0.3) is 0 Å². The summed E-state index contributed by atoms with van der Waals surface area (Å²) in [7, 11) is 1.57. The van der Waals surface area contributed by atoms with E-state index in [1.165, 1.54) is 0 Å². The molecular weight excluding hydrogens is 242 g/mol. The molecule has 4 heteroatoms. The highest BCUT2D eigenvalue weighted by atomic mass is 16.5. The van der Waals surface area contributed by atoms with Crippen LogP contribution in [-0.4, -0.2) is 30.8 Å². The lowest BCUT2D eigenvalue weighted by atomic mass is 9.87. The highest BCUT2D eigenvalue weighted by Crippen LogP contribution is 2.21. The van der Waals surface area contributed by atoms with Gasteiger partial charge in [0, 0.05) is 12.1 Å². The minimum Gasteiger partial charge on any atom is -0.497 e. The minimum atomic E-state index is -0.432. The number of ether oxygens (including phenoxy) is 1.